The Bertz CT molecular complexity index is 1470. The van der Waals surface area contributed by atoms with Crippen LogP contribution in [0.3, 0.4) is 0 Å². The van der Waals surface area contributed by atoms with E-state index in [2.05, 4.69) is 0 Å². The van der Waals surface area contributed by atoms with E-state index in [-0.39, 0.29) is 17.1 Å². The summed E-state index contributed by atoms with van der Waals surface area (Å²) in [6.07, 6.45) is -17.4. The van der Waals surface area contributed by atoms with Crippen LogP contribution in [0.25, 0.3) is 22.3 Å². The average Bonchev–Trinajstić information content (AvgIpc) is 2.97. The number of hydrogen-bond acceptors (Lipinski definition) is 15. The van der Waals surface area contributed by atoms with Crippen molar-refractivity contribution in [3.05, 3.63) is 52.2 Å². The largest absolute Gasteiger partial charge is 0.508 e. The maximum atomic E-state index is 13.2. The summed E-state index contributed by atoms with van der Waals surface area (Å²) >= 11 is 0. The van der Waals surface area contributed by atoms with Crippen molar-refractivity contribution in [1.82, 2.24) is 0 Å². The lowest BCUT2D eigenvalue weighted by molar-refractivity contribution is -0.278. The molecule has 0 radical (unpaired) electrons. The van der Waals surface area contributed by atoms with E-state index in [0.717, 1.165) is 12.1 Å². The highest BCUT2D eigenvalue weighted by atomic mass is 16.7. The number of aliphatic hydroxyl groups excluding tert-OH is 8. The number of phenolic OH excluding ortho intramolecular Hbond substituents is 2. The van der Waals surface area contributed by atoms with Gasteiger partial charge >= 0.3 is 0 Å². The molecule has 0 unspecified atom stereocenters. The van der Waals surface area contributed by atoms with Gasteiger partial charge in [-0.1, -0.05) is 0 Å². The Balaban J connectivity index is 1.68. The number of aliphatic hydroxyl groups is 8. The van der Waals surface area contributed by atoms with Crippen molar-refractivity contribution in [3.63, 3.8) is 0 Å². The first-order valence-corrected chi connectivity index (χ1v) is 12.9. The zero-order valence-corrected chi connectivity index (χ0v) is 21.7. The molecule has 3 heterocycles. The molecule has 2 aliphatic heterocycles. The van der Waals surface area contributed by atoms with Crippen LogP contribution in [0.2, 0.25) is 0 Å². The summed E-state index contributed by atoms with van der Waals surface area (Å²) in [5.41, 5.74) is -1.13. The van der Waals surface area contributed by atoms with Crippen molar-refractivity contribution >= 4 is 11.0 Å². The Morgan fingerprint density at radius 1 is 0.738 bits per heavy atom. The van der Waals surface area contributed by atoms with Crippen molar-refractivity contribution in [2.45, 2.75) is 61.2 Å². The fourth-order valence-corrected chi connectivity index (χ4v) is 5.07. The number of phenols is 2. The minimum absolute atomic E-state index is 0.0197. The highest BCUT2D eigenvalue weighted by Crippen LogP contribution is 2.46. The maximum absolute atomic E-state index is 13.2. The summed E-state index contributed by atoms with van der Waals surface area (Å²) in [5.74, 6) is -1.33. The molecule has 2 aromatic carbocycles. The van der Waals surface area contributed by atoms with Gasteiger partial charge in [-0.2, -0.15) is 0 Å². The SMILES string of the molecule is O=c1cc(-c2ccc(O)cc2)oc2cc(O[C@@H]3O[C@H](CO)[C@H](O)[C@@H](O)[C@H]3O)c([C@@H]3O[C@H](CO)[C@H](O)[C@H](O)[C@@H]3O)c(O)c12. The maximum Gasteiger partial charge on any atom is 0.229 e. The van der Waals surface area contributed by atoms with Gasteiger partial charge in [0.15, 0.2) is 5.43 Å². The number of ether oxygens (including phenoxy) is 3. The van der Waals surface area contributed by atoms with E-state index in [1.54, 1.807) is 0 Å². The number of aromatic hydroxyl groups is 2. The number of fused-ring (bicyclic) bond motifs is 1. The quantitative estimate of drug-likeness (QED) is 0.142. The molecule has 0 amide bonds. The smallest absolute Gasteiger partial charge is 0.229 e. The van der Waals surface area contributed by atoms with Crippen LogP contribution in [0.15, 0.2) is 45.6 Å². The molecular weight excluding hydrogens is 564 g/mol. The second kappa shape index (κ2) is 11.7. The minimum atomic E-state index is -1.94. The first kappa shape index (κ1) is 30.1. The second-order valence-electron chi connectivity index (χ2n) is 10.1. The van der Waals surface area contributed by atoms with Gasteiger partial charge in [-0.3, -0.25) is 4.79 Å². The molecule has 3 aromatic rings. The van der Waals surface area contributed by atoms with Gasteiger partial charge in [0.2, 0.25) is 6.29 Å². The third kappa shape index (κ3) is 5.20. The van der Waals surface area contributed by atoms with Crippen molar-refractivity contribution < 1.29 is 69.7 Å². The van der Waals surface area contributed by atoms with Crippen LogP contribution in [0.1, 0.15) is 11.7 Å². The van der Waals surface area contributed by atoms with E-state index in [1.807, 2.05) is 0 Å². The molecule has 0 saturated carbocycles. The fraction of sp³-hybridized carbons (Fsp3) is 0.444. The Kier molecular flexibility index (Phi) is 8.41. The minimum Gasteiger partial charge on any atom is -0.508 e. The first-order chi connectivity index (χ1) is 20.0. The molecule has 0 spiro atoms. The highest BCUT2D eigenvalue weighted by molar-refractivity contribution is 5.88. The van der Waals surface area contributed by atoms with Gasteiger partial charge in [0, 0.05) is 17.7 Å². The molecule has 228 valence electrons. The van der Waals surface area contributed by atoms with Gasteiger partial charge in [-0.05, 0) is 24.3 Å². The number of hydrogen-bond donors (Lipinski definition) is 10. The lowest BCUT2D eigenvalue weighted by atomic mass is 9.89. The normalized spacial score (nSPS) is 33.5. The molecule has 42 heavy (non-hydrogen) atoms. The second-order valence-corrected chi connectivity index (χ2v) is 10.1. The number of rotatable bonds is 6. The Morgan fingerprint density at radius 2 is 1.33 bits per heavy atom. The molecule has 0 aliphatic carbocycles. The third-order valence-corrected chi connectivity index (χ3v) is 7.41. The van der Waals surface area contributed by atoms with E-state index < -0.39 is 102 Å². The summed E-state index contributed by atoms with van der Waals surface area (Å²) in [7, 11) is 0. The van der Waals surface area contributed by atoms with Crippen molar-refractivity contribution in [2.24, 2.45) is 0 Å². The standard InChI is InChI=1S/C27H30O15/c28-7-15-19(32)22(35)24(37)26(40-15)18-14(41-27-25(38)23(36)20(33)16(8-29)42-27)6-13-17(21(18)34)11(31)5-12(39-13)9-1-3-10(30)4-2-9/h1-6,15-16,19-20,22-30,32-38H,7-8H2/t15-,16-,19+,20+,22+,23-,24+,25-,26+,27-/m1/s1. The third-order valence-electron chi connectivity index (χ3n) is 7.41. The molecule has 1 aromatic heterocycles. The van der Waals surface area contributed by atoms with Crippen molar-refractivity contribution in [3.8, 4) is 28.6 Å². The van der Waals surface area contributed by atoms with E-state index in [9.17, 15) is 55.9 Å². The topological polar surface area (TPSA) is 260 Å². The van der Waals surface area contributed by atoms with Crippen LogP contribution in [-0.2, 0) is 9.47 Å². The molecule has 0 bridgehead atoms. The Labute approximate surface area is 236 Å². The van der Waals surface area contributed by atoms with Crippen molar-refractivity contribution in [2.75, 3.05) is 13.2 Å². The molecule has 15 heteroatoms. The van der Waals surface area contributed by atoms with Crippen LogP contribution in [0, 0.1) is 0 Å². The summed E-state index contributed by atoms with van der Waals surface area (Å²) < 4.78 is 22.6. The molecule has 2 fully saturated rings. The van der Waals surface area contributed by atoms with E-state index in [0.29, 0.717) is 5.56 Å². The summed E-state index contributed by atoms with van der Waals surface area (Å²) in [6, 6.07) is 7.78. The average molecular weight is 595 g/mol. The van der Waals surface area contributed by atoms with Crippen LogP contribution in [0.5, 0.6) is 17.2 Å². The van der Waals surface area contributed by atoms with Crippen LogP contribution in [0.4, 0.5) is 0 Å². The number of benzene rings is 2. The molecule has 2 aliphatic rings. The molecule has 2 saturated heterocycles. The molecule has 5 rings (SSSR count). The van der Waals surface area contributed by atoms with Crippen LogP contribution in [-0.4, -0.2) is 119 Å². The molecular formula is C27H30O15. The predicted molar refractivity (Wildman–Crippen MR) is 138 cm³/mol. The summed E-state index contributed by atoms with van der Waals surface area (Å²) in [4.78, 5) is 13.2. The van der Waals surface area contributed by atoms with Crippen LogP contribution < -0.4 is 10.2 Å². The first-order valence-electron chi connectivity index (χ1n) is 12.9. The molecule has 10 atom stereocenters. The summed E-state index contributed by atoms with van der Waals surface area (Å²) in [5, 5.41) is 102. The lowest BCUT2D eigenvalue weighted by Crippen LogP contribution is -2.60. The monoisotopic (exact) mass is 594 g/mol. The van der Waals surface area contributed by atoms with E-state index in [4.69, 9.17) is 18.6 Å². The van der Waals surface area contributed by atoms with E-state index in [1.165, 1.54) is 24.3 Å². The Hall–Kier alpha value is -3.35. The zero-order valence-electron chi connectivity index (χ0n) is 21.7. The highest BCUT2D eigenvalue weighted by Gasteiger charge is 2.48. The van der Waals surface area contributed by atoms with Gasteiger partial charge in [-0.25, -0.2) is 0 Å². The van der Waals surface area contributed by atoms with Gasteiger partial charge < -0.3 is 69.7 Å². The van der Waals surface area contributed by atoms with E-state index >= 15 is 0 Å². The predicted octanol–water partition coefficient (Wildman–Crippen LogP) is -2.44. The van der Waals surface area contributed by atoms with Gasteiger partial charge in [-0.15, -0.1) is 0 Å². The van der Waals surface area contributed by atoms with Crippen molar-refractivity contribution in [1.29, 1.82) is 0 Å². The van der Waals surface area contributed by atoms with Gasteiger partial charge in [0.1, 0.15) is 88.9 Å². The fourth-order valence-electron chi connectivity index (χ4n) is 5.07. The van der Waals surface area contributed by atoms with Gasteiger partial charge in [0.25, 0.3) is 0 Å². The van der Waals surface area contributed by atoms with Gasteiger partial charge in [0.05, 0.1) is 18.8 Å². The lowest BCUT2D eigenvalue weighted by Gasteiger charge is -2.42. The molecule has 15 nitrogen and oxygen atoms in total. The Morgan fingerprint density at radius 3 is 1.95 bits per heavy atom. The van der Waals surface area contributed by atoms with Crippen LogP contribution >= 0.6 is 0 Å². The molecule has 10 N–H and O–H groups in total. The zero-order chi connectivity index (χ0) is 30.5. The summed E-state index contributed by atoms with van der Waals surface area (Å²) in [6.45, 7) is -1.59.